The van der Waals surface area contributed by atoms with Crippen molar-refractivity contribution in [3.8, 4) is 0 Å². The second kappa shape index (κ2) is 6.69. The van der Waals surface area contributed by atoms with Crippen LogP contribution in [0.15, 0.2) is 18.2 Å². The molecular weight excluding hydrogens is 272 g/mol. The van der Waals surface area contributed by atoms with Crippen LogP contribution in [0.4, 0.5) is 0 Å². The third-order valence-corrected chi connectivity index (χ3v) is 3.53. The Hall–Kier alpha value is -1.92. The van der Waals surface area contributed by atoms with Crippen LogP contribution in [0, 0.1) is 0 Å². The molecule has 6 nitrogen and oxygen atoms in total. The second-order valence-corrected chi connectivity index (χ2v) is 4.85. The fourth-order valence-electron chi connectivity index (χ4n) is 2.62. The van der Waals surface area contributed by atoms with E-state index in [0.29, 0.717) is 25.0 Å². The summed E-state index contributed by atoms with van der Waals surface area (Å²) >= 11 is 0. The van der Waals surface area contributed by atoms with Crippen molar-refractivity contribution in [1.29, 1.82) is 0 Å². The Morgan fingerprint density at radius 2 is 2.24 bits per heavy atom. The second-order valence-electron chi connectivity index (χ2n) is 4.85. The van der Waals surface area contributed by atoms with E-state index >= 15 is 0 Å². The number of carboxylic acids is 1. The van der Waals surface area contributed by atoms with Crippen molar-refractivity contribution in [3.63, 3.8) is 0 Å². The van der Waals surface area contributed by atoms with Crippen LogP contribution in [0.2, 0.25) is 0 Å². The molecule has 0 saturated carbocycles. The maximum Gasteiger partial charge on any atom is 0.337 e. The molecule has 1 atom stereocenters. The molecule has 1 heterocycles. The van der Waals surface area contributed by atoms with Crippen LogP contribution < -0.4 is 0 Å². The minimum absolute atomic E-state index is 0.0372. The van der Waals surface area contributed by atoms with Crippen molar-refractivity contribution < 1.29 is 19.7 Å². The minimum atomic E-state index is -0.988. The molecule has 0 aliphatic rings. The third-order valence-electron chi connectivity index (χ3n) is 3.53. The number of carboxylic acid groups (broad SMARTS) is 1. The predicted octanol–water partition coefficient (Wildman–Crippen LogP) is 1.87. The zero-order valence-electron chi connectivity index (χ0n) is 12.2. The van der Waals surface area contributed by atoms with Gasteiger partial charge in [0, 0.05) is 20.1 Å². The van der Waals surface area contributed by atoms with Crippen molar-refractivity contribution in [1.82, 2.24) is 9.55 Å². The highest BCUT2D eigenvalue weighted by molar-refractivity contribution is 6.01. The normalized spacial score (nSPS) is 12.7. The van der Waals surface area contributed by atoms with Gasteiger partial charge in [-0.3, -0.25) is 0 Å². The van der Waals surface area contributed by atoms with E-state index < -0.39 is 5.97 Å². The number of nitrogens with zero attached hydrogens (tertiary/aromatic N) is 2. The van der Waals surface area contributed by atoms with E-state index in [9.17, 15) is 15.0 Å². The van der Waals surface area contributed by atoms with E-state index in [1.54, 1.807) is 19.2 Å². The van der Waals surface area contributed by atoms with Crippen molar-refractivity contribution in [2.75, 3.05) is 20.3 Å². The number of aromatic nitrogens is 2. The maximum atomic E-state index is 11.3. The van der Waals surface area contributed by atoms with Crippen LogP contribution >= 0.6 is 0 Å². The average molecular weight is 292 g/mol. The lowest BCUT2D eigenvalue weighted by molar-refractivity contribution is 0.0699. The fourth-order valence-corrected chi connectivity index (χ4v) is 2.62. The zero-order valence-corrected chi connectivity index (χ0v) is 12.2. The number of rotatable bonds is 7. The molecule has 0 spiro atoms. The van der Waals surface area contributed by atoms with Gasteiger partial charge in [0.05, 0.1) is 23.7 Å². The van der Waals surface area contributed by atoms with Crippen LogP contribution in [0.1, 0.15) is 35.6 Å². The van der Waals surface area contributed by atoms with Gasteiger partial charge in [0.15, 0.2) is 0 Å². The van der Waals surface area contributed by atoms with Gasteiger partial charge in [0.2, 0.25) is 0 Å². The summed E-state index contributed by atoms with van der Waals surface area (Å²) < 4.78 is 7.22. The molecule has 0 saturated heterocycles. The minimum Gasteiger partial charge on any atom is -0.478 e. The van der Waals surface area contributed by atoms with Gasteiger partial charge in [0.1, 0.15) is 11.3 Å². The van der Waals surface area contributed by atoms with Crippen molar-refractivity contribution in [3.05, 3.63) is 29.6 Å². The predicted molar refractivity (Wildman–Crippen MR) is 78.7 cm³/mol. The molecule has 1 aromatic carbocycles. The molecule has 0 fully saturated rings. The number of para-hydroxylation sites is 1. The Morgan fingerprint density at radius 1 is 1.48 bits per heavy atom. The smallest absolute Gasteiger partial charge is 0.337 e. The molecule has 0 aliphatic carbocycles. The van der Waals surface area contributed by atoms with Crippen molar-refractivity contribution in [2.24, 2.45) is 0 Å². The standard InChI is InChI=1S/C15H20N2O4/c1-3-13-16-14-11(15(19)20)5-4-6-12(14)17(13)10(7-8-18)9-21-2/h4-6,10,18H,3,7-9H2,1-2H3,(H,19,20). The van der Waals surface area contributed by atoms with E-state index in [0.717, 1.165) is 11.3 Å². The molecule has 0 bridgehead atoms. The topological polar surface area (TPSA) is 84.6 Å². The van der Waals surface area contributed by atoms with E-state index in [-0.39, 0.29) is 18.2 Å². The number of ether oxygens (including phenoxy) is 1. The SMILES string of the molecule is CCc1nc2c(C(=O)O)cccc2n1C(CCO)COC. The summed E-state index contributed by atoms with van der Waals surface area (Å²) in [5.41, 5.74) is 1.45. The highest BCUT2D eigenvalue weighted by atomic mass is 16.5. The molecule has 21 heavy (non-hydrogen) atoms. The number of aryl methyl sites for hydroxylation is 1. The summed E-state index contributed by atoms with van der Waals surface area (Å²) in [6.07, 6.45) is 1.21. The molecule has 0 aliphatic heterocycles. The number of aliphatic hydroxyl groups excluding tert-OH is 1. The molecule has 2 N–H and O–H groups in total. The van der Waals surface area contributed by atoms with Crippen LogP contribution in [-0.2, 0) is 11.2 Å². The molecule has 6 heteroatoms. The fraction of sp³-hybridized carbons (Fsp3) is 0.467. The average Bonchev–Trinajstić information content (AvgIpc) is 2.85. The largest absolute Gasteiger partial charge is 0.478 e. The third kappa shape index (κ3) is 2.91. The molecule has 114 valence electrons. The lowest BCUT2D eigenvalue weighted by atomic mass is 10.1. The van der Waals surface area contributed by atoms with E-state index in [2.05, 4.69) is 4.98 Å². The molecule has 2 aromatic rings. The first-order valence-corrected chi connectivity index (χ1v) is 6.96. The Bertz CT molecular complexity index is 630. The number of fused-ring (bicyclic) bond motifs is 1. The maximum absolute atomic E-state index is 11.3. The van der Waals surface area contributed by atoms with E-state index in [1.165, 1.54) is 0 Å². The molecule has 1 aromatic heterocycles. The summed E-state index contributed by atoms with van der Waals surface area (Å²) in [7, 11) is 1.61. The van der Waals surface area contributed by atoms with Gasteiger partial charge < -0.3 is 19.5 Å². The number of aromatic carboxylic acids is 1. The zero-order chi connectivity index (χ0) is 15.4. The van der Waals surface area contributed by atoms with Gasteiger partial charge >= 0.3 is 5.97 Å². The number of imidazole rings is 1. The molecular formula is C15H20N2O4. The summed E-state index contributed by atoms with van der Waals surface area (Å²) in [6.45, 7) is 2.45. The molecule has 0 amide bonds. The summed E-state index contributed by atoms with van der Waals surface area (Å²) in [5.74, 6) is -0.187. The number of aliphatic hydroxyl groups is 1. The highest BCUT2D eigenvalue weighted by Crippen LogP contribution is 2.26. The monoisotopic (exact) mass is 292 g/mol. The lowest BCUT2D eigenvalue weighted by Gasteiger charge is -2.20. The Morgan fingerprint density at radius 3 is 2.81 bits per heavy atom. The van der Waals surface area contributed by atoms with Gasteiger partial charge in [-0.1, -0.05) is 13.0 Å². The molecule has 2 rings (SSSR count). The number of methoxy groups -OCH3 is 1. The van der Waals surface area contributed by atoms with Gasteiger partial charge in [0.25, 0.3) is 0 Å². The Labute approximate surface area is 123 Å². The first-order valence-electron chi connectivity index (χ1n) is 6.96. The van der Waals surface area contributed by atoms with Crippen LogP contribution in [0.3, 0.4) is 0 Å². The molecule has 0 radical (unpaired) electrons. The summed E-state index contributed by atoms with van der Waals surface area (Å²) in [6, 6.07) is 5.06. The van der Waals surface area contributed by atoms with E-state index in [1.807, 2.05) is 17.6 Å². The number of hydrogen-bond donors (Lipinski definition) is 2. The van der Waals surface area contributed by atoms with Crippen LogP contribution in [-0.4, -0.2) is 46.1 Å². The first-order chi connectivity index (χ1) is 10.1. The van der Waals surface area contributed by atoms with Crippen LogP contribution in [0.25, 0.3) is 11.0 Å². The van der Waals surface area contributed by atoms with Gasteiger partial charge in [-0.05, 0) is 18.6 Å². The Balaban J connectivity index is 2.65. The number of benzene rings is 1. The Kier molecular flexibility index (Phi) is 4.93. The highest BCUT2D eigenvalue weighted by Gasteiger charge is 2.21. The quantitative estimate of drug-likeness (QED) is 0.813. The summed E-state index contributed by atoms with van der Waals surface area (Å²) in [4.78, 5) is 15.8. The van der Waals surface area contributed by atoms with Gasteiger partial charge in [-0.25, -0.2) is 9.78 Å². The number of carbonyl (C=O) groups is 1. The summed E-state index contributed by atoms with van der Waals surface area (Å²) in [5, 5.41) is 18.5. The lowest BCUT2D eigenvalue weighted by Crippen LogP contribution is -2.18. The molecule has 1 unspecified atom stereocenters. The van der Waals surface area contributed by atoms with Gasteiger partial charge in [-0.2, -0.15) is 0 Å². The first kappa shape index (κ1) is 15.5. The van der Waals surface area contributed by atoms with Crippen LogP contribution in [0.5, 0.6) is 0 Å². The van der Waals surface area contributed by atoms with Gasteiger partial charge in [-0.15, -0.1) is 0 Å². The van der Waals surface area contributed by atoms with Crippen molar-refractivity contribution in [2.45, 2.75) is 25.8 Å². The number of hydrogen-bond acceptors (Lipinski definition) is 4. The van der Waals surface area contributed by atoms with E-state index in [4.69, 9.17) is 4.74 Å². The van der Waals surface area contributed by atoms with Crippen molar-refractivity contribution >= 4 is 17.0 Å².